The molecule has 28 heavy (non-hydrogen) atoms. The third-order valence-electron chi connectivity index (χ3n) is 6.44. The van der Waals surface area contributed by atoms with Gasteiger partial charge in [-0.2, -0.15) is 0 Å². The Morgan fingerprint density at radius 1 is 0.714 bits per heavy atom. The standard InChI is InChI=1S/C28H38/c1-3-5-6-7-8-9-10-24-13-17-26(18-14-24)28-21-19-27(20-22-28)25-15-11-23(4-2)12-16-25/h11-12,15-17,19-22,24H,3-10,13-14,18H2,1-2H3. The van der Waals surface area contributed by atoms with Crippen LogP contribution in [0, 0.1) is 5.92 Å². The van der Waals surface area contributed by atoms with Gasteiger partial charge in [-0.1, -0.05) is 113 Å². The van der Waals surface area contributed by atoms with Gasteiger partial charge >= 0.3 is 0 Å². The Morgan fingerprint density at radius 2 is 1.32 bits per heavy atom. The van der Waals surface area contributed by atoms with Crippen LogP contribution in [0.2, 0.25) is 0 Å². The van der Waals surface area contributed by atoms with Gasteiger partial charge in [0, 0.05) is 0 Å². The van der Waals surface area contributed by atoms with Crippen molar-refractivity contribution in [2.75, 3.05) is 0 Å². The fourth-order valence-corrected chi connectivity index (χ4v) is 4.44. The van der Waals surface area contributed by atoms with E-state index in [1.807, 2.05) is 0 Å². The van der Waals surface area contributed by atoms with Gasteiger partial charge in [-0.05, 0) is 59.4 Å². The normalized spacial score (nSPS) is 16.8. The molecule has 0 aromatic heterocycles. The molecule has 0 spiro atoms. The van der Waals surface area contributed by atoms with E-state index in [9.17, 15) is 0 Å². The molecule has 1 aliphatic carbocycles. The van der Waals surface area contributed by atoms with Gasteiger partial charge in [0.25, 0.3) is 0 Å². The zero-order chi connectivity index (χ0) is 19.6. The molecule has 0 heterocycles. The molecule has 0 amide bonds. The van der Waals surface area contributed by atoms with E-state index in [4.69, 9.17) is 0 Å². The summed E-state index contributed by atoms with van der Waals surface area (Å²) < 4.78 is 0. The van der Waals surface area contributed by atoms with Gasteiger partial charge in [0.1, 0.15) is 0 Å². The first kappa shape index (κ1) is 20.9. The van der Waals surface area contributed by atoms with Crippen molar-refractivity contribution in [3.8, 4) is 11.1 Å². The van der Waals surface area contributed by atoms with Gasteiger partial charge in [0.2, 0.25) is 0 Å². The molecule has 0 heteroatoms. The van der Waals surface area contributed by atoms with E-state index in [0.29, 0.717) is 0 Å². The summed E-state index contributed by atoms with van der Waals surface area (Å²) in [6.07, 6.45) is 17.5. The van der Waals surface area contributed by atoms with Crippen LogP contribution in [-0.4, -0.2) is 0 Å². The Morgan fingerprint density at radius 3 is 1.93 bits per heavy atom. The van der Waals surface area contributed by atoms with Crippen molar-refractivity contribution >= 4 is 5.57 Å². The maximum Gasteiger partial charge on any atom is -0.0184 e. The second-order valence-electron chi connectivity index (χ2n) is 8.55. The molecular weight excluding hydrogens is 336 g/mol. The summed E-state index contributed by atoms with van der Waals surface area (Å²) in [5.41, 5.74) is 7.03. The zero-order valence-electron chi connectivity index (χ0n) is 18.1. The maximum atomic E-state index is 2.52. The highest BCUT2D eigenvalue weighted by molar-refractivity contribution is 5.71. The largest absolute Gasteiger partial charge is 0.0804 e. The average Bonchev–Trinajstić information content (AvgIpc) is 2.77. The lowest BCUT2D eigenvalue weighted by Gasteiger charge is -2.22. The summed E-state index contributed by atoms with van der Waals surface area (Å²) in [4.78, 5) is 0. The first-order valence-corrected chi connectivity index (χ1v) is 11.7. The summed E-state index contributed by atoms with van der Waals surface area (Å²) >= 11 is 0. The highest BCUT2D eigenvalue weighted by Gasteiger charge is 2.15. The highest BCUT2D eigenvalue weighted by atomic mass is 14.2. The molecule has 1 atom stereocenters. The topological polar surface area (TPSA) is 0 Å². The molecule has 0 aliphatic heterocycles. The van der Waals surface area contributed by atoms with Gasteiger partial charge < -0.3 is 0 Å². The van der Waals surface area contributed by atoms with Crippen LogP contribution in [0.5, 0.6) is 0 Å². The second kappa shape index (κ2) is 11.2. The van der Waals surface area contributed by atoms with Crippen molar-refractivity contribution in [1.29, 1.82) is 0 Å². The third-order valence-corrected chi connectivity index (χ3v) is 6.44. The lowest BCUT2D eigenvalue weighted by molar-refractivity contribution is 0.423. The van der Waals surface area contributed by atoms with Crippen molar-refractivity contribution in [2.24, 2.45) is 5.92 Å². The first-order valence-electron chi connectivity index (χ1n) is 11.7. The predicted octanol–water partition coefficient (Wildman–Crippen LogP) is 8.85. The van der Waals surface area contributed by atoms with E-state index in [1.165, 1.54) is 86.5 Å². The number of allylic oxidation sites excluding steroid dienone is 2. The van der Waals surface area contributed by atoms with Crippen molar-refractivity contribution in [1.82, 2.24) is 0 Å². The quantitative estimate of drug-likeness (QED) is 0.364. The average molecular weight is 375 g/mol. The smallest absolute Gasteiger partial charge is 0.0184 e. The van der Waals surface area contributed by atoms with Gasteiger partial charge in [-0.25, -0.2) is 0 Å². The zero-order valence-corrected chi connectivity index (χ0v) is 18.1. The number of rotatable bonds is 10. The number of hydrogen-bond acceptors (Lipinski definition) is 0. The fraction of sp³-hybridized carbons (Fsp3) is 0.500. The molecule has 0 bridgehead atoms. The molecule has 0 fully saturated rings. The van der Waals surface area contributed by atoms with E-state index < -0.39 is 0 Å². The van der Waals surface area contributed by atoms with Crippen LogP contribution in [0.15, 0.2) is 54.6 Å². The van der Waals surface area contributed by atoms with Gasteiger partial charge in [0.15, 0.2) is 0 Å². The predicted molar refractivity (Wildman–Crippen MR) is 125 cm³/mol. The molecule has 0 nitrogen and oxygen atoms in total. The minimum absolute atomic E-state index is 0.922. The van der Waals surface area contributed by atoms with Crippen molar-refractivity contribution in [3.63, 3.8) is 0 Å². The van der Waals surface area contributed by atoms with Crippen LogP contribution < -0.4 is 0 Å². The van der Waals surface area contributed by atoms with E-state index in [0.717, 1.165) is 12.3 Å². The van der Waals surface area contributed by atoms with Crippen LogP contribution in [-0.2, 0) is 6.42 Å². The second-order valence-corrected chi connectivity index (χ2v) is 8.55. The molecule has 1 aliphatic rings. The minimum Gasteiger partial charge on any atom is -0.0804 e. The van der Waals surface area contributed by atoms with Gasteiger partial charge in [0.05, 0.1) is 0 Å². The number of benzene rings is 2. The van der Waals surface area contributed by atoms with E-state index in [1.54, 1.807) is 5.57 Å². The summed E-state index contributed by atoms with van der Waals surface area (Å²) in [5, 5.41) is 0. The highest BCUT2D eigenvalue weighted by Crippen LogP contribution is 2.33. The van der Waals surface area contributed by atoms with Crippen molar-refractivity contribution in [2.45, 2.75) is 84.5 Å². The van der Waals surface area contributed by atoms with E-state index >= 15 is 0 Å². The molecule has 2 aromatic carbocycles. The monoisotopic (exact) mass is 374 g/mol. The Hall–Kier alpha value is -1.82. The Labute approximate surface area is 173 Å². The van der Waals surface area contributed by atoms with E-state index in [-0.39, 0.29) is 0 Å². The van der Waals surface area contributed by atoms with Crippen molar-refractivity contribution in [3.05, 3.63) is 65.7 Å². The number of aryl methyl sites for hydroxylation is 1. The molecule has 150 valence electrons. The third kappa shape index (κ3) is 6.09. The van der Waals surface area contributed by atoms with E-state index in [2.05, 4.69) is 68.5 Å². The molecule has 0 radical (unpaired) electrons. The van der Waals surface area contributed by atoms with Crippen LogP contribution >= 0.6 is 0 Å². The summed E-state index contributed by atoms with van der Waals surface area (Å²) in [7, 11) is 0. The maximum absolute atomic E-state index is 2.52. The van der Waals surface area contributed by atoms with Crippen LogP contribution in [0.3, 0.4) is 0 Å². The number of hydrogen-bond donors (Lipinski definition) is 0. The Bertz CT molecular complexity index is 718. The Kier molecular flexibility index (Phi) is 8.40. The minimum atomic E-state index is 0.922. The van der Waals surface area contributed by atoms with Crippen LogP contribution in [0.4, 0.5) is 0 Å². The summed E-state index contributed by atoms with van der Waals surface area (Å²) in [6, 6.07) is 18.2. The molecule has 2 aromatic rings. The van der Waals surface area contributed by atoms with Crippen molar-refractivity contribution < 1.29 is 0 Å². The molecule has 0 saturated heterocycles. The van der Waals surface area contributed by atoms with Gasteiger partial charge in [-0.3, -0.25) is 0 Å². The van der Waals surface area contributed by atoms with Gasteiger partial charge in [-0.15, -0.1) is 0 Å². The Balaban J connectivity index is 1.48. The molecule has 0 N–H and O–H groups in total. The molecule has 0 saturated carbocycles. The molecular formula is C28H38. The SMILES string of the molecule is CCCCCCCCC1CC=C(c2ccc(-c3ccc(CC)cc3)cc2)CC1. The summed E-state index contributed by atoms with van der Waals surface area (Å²) in [6.45, 7) is 4.50. The lowest BCUT2D eigenvalue weighted by atomic mass is 9.83. The van der Waals surface area contributed by atoms with Crippen LogP contribution in [0.25, 0.3) is 16.7 Å². The van der Waals surface area contributed by atoms with Crippen LogP contribution in [0.1, 0.15) is 89.2 Å². The lowest BCUT2D eigenvalue weighted by Crippen LogP contribution is -2.05. The first-order chi connectivity index (χ1) is 13.8. The fourth-order valence-electron chi connectivity index (χ4n) is 4.44. The number of unbranched alkanes of at least 4 members (excludes halogenated alkanes) is 5. The summed E-state index contributed by atoms with van der Waals surface area (Å²) in [5.74, 6) is 0.922. The molecule has 1 unspecified atom stereocenters. The molecule has 3 rings (SSSR count).